The second kappa shape index (κ2) is 3.67. The van der Waals surface area contributed by atoms with Gasteiger partial charge in [0.15, 0.2) is 0 Å². The van der Waals surface area contributed by atoms with E-state index in [1.54, 1.807) is 0 Å². The smallest absolute Gasteiger partial charge is 0.103 e. The van der Waals surface area contributed by atoms with E-state index in [0.717, 1.165) is 11.1 Å². The van der Waals surface area contributed by atoms with Crippen LogP contribution in [0.2, 0.25) is 0 Å². The Balaban J connectivity index is 2.80. The van der Waals surface area contributed by atoms with Gasteiger partial charge in [-0.2, -0.15) is 0 Å². The fourth-order valence-corrected chi connectivity index (χ4v) is 1.26. The molecule has 0 bridgehead atoms. The zero-order valence-corrected chi connectivity index (χ0v) is 7.74. The van der Waals surface area contributed by atoms with Crippen LogP contribution in [-0.2, 0) is 6.42 Å². The largest absolute Gasteiger partial charge is 0.350 e. The summed E-state index contributed by atoms with van der Waals surface area (Å²) in [5.74, 6) is 0.683. The summed E-state index contributed by atoms with van der Waals surface area (Å²) in [6.45, 7) is 4.40. The maximum atomic E-state index is 5.00. The van der Waals surface area contributed by atoms with Gasteiger partial charge in [0.25, 0.3) is 0 Å². The highest BCUT2D eigenvalue weighted by molar-refractivity contribution is 7.71. The summed E-state index contributed by atoms with van der Waals surface area (Å²) in [5, 5.41) is 0. The van der Waals surface area contributed by atoms with Gasteiger partial charge in [0.1, 0.15) is 4.64 Å². The summed E-state index contributed by atoms with van der Waals surface area (Å²) in [6, 6.07) is 5.98. The first kappa shape index (κ1) is 8.47. The molecule has 0 aliphatic heterocycles. The van der Waals surface area contributed by atoms with Crippen LogP contribution in [0.15, 0.2) is 18.2 Å². The van der Waals surface area contributed by atoms with E-state index in [-0.39, 0.29) is 0 Å². The lowest BCUT2D eigenvalue weighted by atomic mass is 10.1. The molecule has 0 fully saturated rings. The highest BCUT2D eigenvalue weighted by atomic mass is 32.1. The number of aromatic amines is 1. The number of aromatic nitrogens is 1. The first-order valence-electron chi connectivity index (χ1n) is 3.86. The molecule has 11 heavy (non-hydrogen) atoms. The quantitative estimate of drug-likeness (QED) is 0.670. The van der Waals surface area contributed by atoms with E-state index in [2.05, 4.69) is 24.9 Å². The van der Waals surface area contributed by atoms with Crippen molar-refractivity contribution < 1.29 is 0 Å². The molecule has 1 N–H and O–H groups in total. The molecule has 0 radical (unpaired) electrons. The Morgan fingerprint density at radius 2 is 2.18 bits per heavy atom. The topological polar surface area (TPSA) is 15.8 Å². The lowest BCUT2D eigenvalue weighted by molar-refractivity contribution is 0.635. The van der Waals surface area contributed by atoms with Crippen molar-refractivity contribution in [2.24, 2.45) is 5.92 Å². The van der Waals surface area contributed by atoms with Crippen LogP contribution in [-0.4, -0.2) is 4.98 Å². The van der Waals surface area contributed by atoms with Crippen LogP contribution in [0.4, 0.5) is 0 Å². The lowest BCUT2D eigenvalue weighted by Gasteiger charge is -2.03. The standard InChI is InChI=1S/C9H13NS/c1-7(2)6-8-4-3-5-9(11)10-8/h3-5,7H,6H2,1-2H3,(H,10,11). The van der Waals surface area contributed by atoms with E-state index in [4.69, 9.17) is 12.2 Å². The first-order chi connectivity index (χ1) is 5.18. The van der Waals surface area contributed by atoms with Crippen molar-refractivity contribution in [1.29, 1.82) is 0 Å². The van der Waals surface area contributed by atoms with Gasteiger partial charge in [0.05, 0.1) is 0 Å². The SMILES string of the molecule is CC(C)Cc1cccc(=S)[nH]1. The summed E-state index contributed by atoms with van der Waals surface area (Å²) in [4.78, 5) is 3.15. The van der Waals surface area contributed by atoms with Crippen molar-refractivity contribution in [2.75, 3.05) is 0 Å². The zero-order valence-electron chi connectivity index (χ0n) is 6.92. The molecular formula is C9H13NS. The van der Waals surface area contributed by atoms with Gasteiger partial charge in [-0.05, 0) is 24.5 Å². The van der Waals surface area contributed by atoms with Crippen LogP contribution < -0.4 is 0 Å². The third kappa shape index (κ3) is 2.85. The van der Waals surface area contributed by atoms with Crippen LogP contribution in [0, 0.1) is 10.6 Å². The zero-order chi connectivity index (χ0) is 8.27. The van der Waals surface area contributed by atoms with E-state index < -0.39 is 0 Å². The molecule has 1 aromatic rings. The minimum Gasteiger partial charge on any atom is -0.350 e. The Bertz CT molecular complexity index is 275. The van der Waals surface area contributed by atoms with Crippen molar-refractivity contribution in [3.8, 4) is 0 Å². The van der Waals surface area contributed by atoms with E-state index >= 15 is 0 Å². The highest BCUT2D eigenvalue weighted by Gasteiger charge is 1.95. The Morgan fingerprint density at radius 3 is 2.73 bits per heavy atom. The summed E-state index contributed by atoms with van der Waals surface area (Å²) < 4.78 is 0.822. The second-order valence-electron chi connectivity index (χ2n) is 3.14. The van der Waals surface area contributed by atoms with Crippen LogP contribution in [0.25, 0.3) is 0 Å². The van der Waals surface area contributed by atoms with E-state index in [0.29, 0.717) is 5.92 Å². The van der Waals surface area contributed by atoms with Gasteiger partial charge in [0, 0.05) is 5.69 Å². The average molecular weight is 167 g/mol. The summed E-state index contributed by atoms with van der Waals surface area (Å²) in [7, 11) is 0. The number of hydrogen-bond donors (Lipinski definition) is 1. The second-order valence-corrected chi connectivity index (χ2v) is 3.58. The van der Waals surface area contributed by atoms with Crippen LogP contribution >= 0.6 is 12.2 Å². The molecule has 1 heterocycles. The molecule has 0 aliphatic carbocycles. The van der Waals surface area contributed by atoms with Crippen molar-refractivity contribution in [3.05, 3.63) is 28.5 Å². The Hall–Kier alpha value is -0.630. The van der Waals surface area contributed by atoms with Crippen molar-refractivity contribution in [1.82, 2.24) is 4.98 Å². The molecular weight excluding hydrogens is 154 g/mol. The fourth-order valence-electron chi connectivity index (χ4n) is 1.05. The van der Waals surface area contributed by atoms with Gasteiger partial charge in [-0.3, -0.25) is 0 Å². The van der Waals surface area contributed by atoms with E-state index in [9.17, 15) is 0 Å². The molecule has 0 unspecified atom stereocenters. The fraction of sp³-hybridized carbons (Fsp3) is 0.444. The van der Waals surface area contributed by atoms with Gasteiger partial charge in [-0.25, -0.2) is 0 Å². The summed E-state index contributed by atoms with van der Waals surface area (Å²) in [6.07, 6.45) is 1.07. The number of pyridine rings is 1. The van der Waals surface area contributed by atoms with Gasteiger partial charge in [-0.15, -0.1) is 0 Å². The van der Waals surface area contributed by atoms with E-state index in [1.807, 2.05) is 12.1 Å². The molecule has 0 saturated heterocycles. The third-order valence-corrected chi connectivity index (χ3v) is 1.70. The van der Waals surface area contributed by atoms with Crippen LogP contribution in [0.5, 0.6) is 0 Å². The van der Waals surface area contributed by atoms with E-state index in [1.165, 1.54) is 5.69 Å². The predicted molar refractivity (Wildman–Crippen MR) is 50.2 cm³/mol. The highest BCUT2D eigenvalue weighted by Crippen LogP contribution is 2.03. The monoisotopic (exact) mass is 167 g/mol. The van der Waals surface area contributed by atoms with Gasteiger partial charge in [-0.1, -0.05) is 32.1 Å². The average Bonchev–Trinajstić information content (AvgIpc) is 1.85. The molecule has 0 atom stereocenters. The molecule has 1 rings (SSSR count). The molecule has 0 spiro atoms. The molecule has 2 heteroatoms. The minimum atomic E-state index is 0.683. The summed E-state index contributed by atoms with van der Waals surface area (Å²) >= 11 is 5.00. The van der Waals surface area contributed by atoms with Crippen LogP contribution in [0.3, 0.4) is 0 Å². The number of H-pyrrole nitrogens is 1. The van der Waals surface area contributed by atoms with Crippen LogP contribution in [0.1, 0.15) is 19.5 Å². The molecule has 0 saturated carbocycles. The first-order valence-corrected chi connectivity index (χ1v) is 4.27. The van der Waals surface area contributed by atoms with Crippen molar-refractivity contribution >= 4 is 12.2 Å². The normalized spacial score (nSPS) is 10.5. The predicted octanol–water partition coefficient (Wildman–Crippen LogP) is 2.94. The van der Waals surface area contributed by atoms with Gasteiger partial charge in [0.2, 0.25) is 0 Å². The Kier molecular flexibility index (Phi) is 2.83. The molecule has 0 aliphatic rings. The lowest BCUT2D eigenvalue weighted by Crippen LogP contribution is -1.96. The maximum Gasteiger partial charge on any atom is 0.103 e. The Labute approximate surface area is 72.5 Å². The Morgan fingerprint density at radius 1 is 1.45 bits per heavy atom. The van der Waals surface area contributed by atoms with Gasteiger partial charge < -0.3 is 4.98 Å². The molecule has 1 aromatic heterocycles. The molecule has 60 valence electrons. The molecule has 1 nitrogen and oxygen atoms in total. The third-order valence-electron chi connectivity index (χ3n) is 1.46. The molecule has 0 amide bonds. The number of hydrogen-bond acceptors (Lipinski definition) is 1. The van der Waals surface area contributed by atoms with Gasteiger partial charge >= 0.3 is 0 Å². The minimum absolute atomic E-state index is 0.683. The van der Waals surface area contributed by atoms with Crippen molar-refractivity contribution in [3.63, 3.8) is 0 Å². The molecule has 0 aromatic carbocycles. The summed E-state index contributed by atoms with van der Waals surface area (Å²) in [5.41, 5.74) is 1.23. The number of rotatable bonds is 2. The number of nitrogens with one attached hydrogen (secondary N) is 1. The van der Waals surface area contributed by atoms with Crippen molar-refractivity contribution in [2.45, 2.75) is 20.3 Å². The maximum absolute atomic E-state index is 5.00.